The van der Waals surface area contributed by atoms with Gasteiger partial charge in [0.1, 0.15) is 29.2 Å². The van der Waals surface area contributed by atoms with Crippen molar-refractivity contribution in [3.8, 4) is 0 Å². The average molecular weight is 537 g/mol. The van der Waals surface area contributed by atoms with Gasteiger partial charge in [-0.05, 0) is 49.9 Å². The lowest BCUT2D eigenvalue weighted by Gasteiger charge is -2.22. The molecule has 0 radical (unpaired) electrons. The zero-order valence-electron chi connectivity index (χ0n) is 21.1. The molecule has 1 atom stereocenters. The van der Waals surface area contributed by atoms with Crippen molar-refractivity contribution >= 4 is 34.2 Å². The van der Waals surface area contributed by atoms with Gasteiger partial charge in [0.05, 0.1) is 54.1 Å². The Kier molecular flexibility index (Phi) is 7.41. The van der Waals surface area contributed by atoms with Crippen LogP contribution in [-0.4, -0.2) is 48.1 Å². The summed E-state index contributed by atoms with van der Waals surface area (Å²) in [5, 5.41) is 7.65. The summed E-state index contributed by atoms with van der Waals surface area (Å²) in [5.41, 5.74) is 7.85. The second-order valence-corrected chi connectivity index (χ2v) is 9.25. The molecule has 2 amide bonds. The van der Waals surface area contributed by atoms with Crippen molar-refractivity contribution < 1.29 is 23.1 Å². The number of hydrogen-bond acceptors (Lipinski definition) is 8. The van der Waals surface area contributed by atoms with Gasteiger partial charge in [-0.3, -0.25) is 19.6 Å². The van der Waals surface area contributed by atoms with Crippen LogP contribution in [0.2, 0.25) is 0 Å². The summed E-state index contributed by atoms with van der Waals surface area (Å²) < 4.78 is 34.4. The molecule has 0 bridgehead atoms. The van der Waals surface area contributed by atoms with E-state index in [1.165, 1.54) is 29.3 Å². The molecule has 3 N–H and O–H groups in total. The second kappa shape index (κ2) is 11.1. The normalized spacial score (nSPS) is 15.3. The highest BCUT2D eigenvalue weighted by Gasteiger charge is 2.26. The number of nitrogens with zero attached hydrogens (tertiary/aromatic N) is 6. The number of nitrogens with one attached hydrogen (secondary N) is 1. The Morgan fingerprint density at radius 3 is 2.67 bits per heavy atom. The van der Waals surface area contributed by atoms with Crippen LogP contribution >= 0.6 is 0 Å². The van der Waals surface area contributed by atoms with E-state index in [-0.39, 0.29) is 30.8 Å². The van der Waals surface area contributed by atoms with Crippen LogP contribution in [0.1, 0.15) is 42.4 Å². The first-order valence-electron chi connectivity index (χ1n) is 12.3. The van der Waals surface area contributed by atoms with Gasteiger partial charge >= 0.3 is 11.8 Å². The number of nitrogens with two attached hydrogens (primary N) is 1. The number of amides is 2. The standard InChI is InChI=1S/C26H26F2N8O3/c1-15-8-17(28)10-31-21(15)14-35(12-18-6-5-16(27)9-30-18)26(38)25(37)33-20-11-32-24(29)19-13-36(34-23(19)20)22-4-2-3-7-39-22/h5-6,8-11,13,22H,2-4,7,12,14H2,1H3,(H2,29,32)(H,33,37). The molecule has 11 nitrogen and oxygen atoms in total. The Morgan fingerprint density at radius 2 is 1.95 bits per heavy atom. The van der Waals surface area contributed by atoms with Gasteiger partial charge in [0.2, 0.25) is 0 Å². The molecule has 0 saturated carbocycles. The van der Waals surface area contributed by atoms with Crippen LogP contribution in [-0.2, 0) is 27.4 Å². The van der Waals surface area contributed by atoms with Crippen molar-refractivity contribution in [1.82, 2.24) is 29.6 Å². The van der Waals surface area contributed by atoms with Crippen molar-refractivity contribution in [3.63, 3.8) is 0 Å². The van der Waals surface area contributed by atoms with Crippen LogP contribution in [0, 0.1) is 18.6 Å². The summed E-state index contributed by atoms with van der Waals surface area (Å²) in [6.45, 7) is 2.04. The molecule has 4 aromatic heterocycles. The largest absolute Gasteiger partial charge is 0.383 e. The SMILES string of the molecule is Cc1cc(F)cnc1CN(Cc1ccc(F)cn1)C(=O)C(=O)Nc1cnc(N)c2cn(C3CCCCO3)nc12. The molecule has 1 unspecified atom stereocenters. The first kappa shape index (κ1) is 26.1. The zero-order chi connectivity index (χ0) is 27.5. The van der Waals surface area contributed by atoms with Crippen LogP contribution < -0.4 is 11.1 Å². The molecule has 13 heteroatoms. The van der Waals surface area contributed by atoms with E-state index in [1.807, 2.05) is 0 Å². The molecule has 4 aromatic rings. The number of ether oxygens (including phenoxy) is 1. The predicted molar refractivity (Wildman–Crippen MR) is 137 cm³/mol. The lowest BCUT2D eigenvalue weighted by atomic mass is 10.2. The fourth-order valence-electron chi connectivity index (χ4n) is 4.34. The molecule has 5 rings (SSSR count). The fourth-order valence-corrected chi connectivity index (χ4v) is 4.34. The molecule has 5 heterocycles. The number of halogens is 2. The molecule has 0 spiro atoms. The predicted octanol–water partition coefficient (Wildman–Crippen LogP) is 3.26. The number of pyridine rings is 3. The Morgan fingerprint density at radius 1 is 1.13 bits per heavy atom. The highest BCUT2D eigenvalue weighted by Crippen LogP contribution is 2.29. The van der Waals surface area contributed by atoms with Crippen LogP contribution in [0.25, 0.3) is 10.9 Å². The number of anilines is 2. The van der Waals surface area contributed by atoms with Crippen molar-refractivity contribution in [2.45, 2.75) is 45.5 Å². The van der Waals surface area contributed by atoms with E-state index < -0.39 is 23.4 Å². The van der Waals surface area contributed by atoms with E-state index in [0.717, 1.165) is 31.7 Å². The molecular weight excluding hydrogens is 510 g/mol. The molecule has 0 aliphatic carbocycles. The summed E-state index contributed by atoms with van der Waals surface area (Å²) in [6.07, 6.45) is 7.58. The third-order valence-electron chi connectivity index (χ3n) is 6.41. The number of hydrogen-bond donors (Lipinski definition) is 2. The number of carbonyl (C=O) groups excluding carboxylic acids is 2. The van der Waals surface area contributed by atoms with E-state index in [9.17, 15) is 18.4 Å². The van der Waals surface area contributed by atoms with Gasteiger partial charge in [0, 0.05) is 12.8 Å². The topological polar surface area (TPSA) is 141 Å². The lowest BCUT2D eigenvalue weighted by molar-refractivity contribution is -0.144. The Bertz CT molecular complexity index is 1520. The second-order valence-electron chi connectivity index (χ2n) is 9.25. The number of aromatic nitrogens is 5. The minimum atomic E-state index is -0.965. The zero-order valence-corrected chi connectivity index (χ0v) is 21.1. The van der Waals surface area contributed by atoms with Crippen molar-refractivity contribution in [2.24, 2.45) is 0 Å². The van der Waals surface area contributed by atoms with E-state index in [4.69, 9.17) is 10.5 Å². The lowest BCUT2D eigenvalue weighted by Crippen LogP contribution is -2.39. The van der Waals surface area contributed by atoms with E-state index in [1.54, 1.807) is 17.8 Å². The number of fused-ring (bicyclic) bond motifs is 1. The quantitative estimate of drug-likeness (QED) is 0.358. The summed E-state index contributed by atoms with van der Waals surface area (Å²) in [7, 11) is 0. The van der Waals surface area contributed by atoms with Crippen molar-refractivity contribution in [1.29, 1.82) is 0 Å². The Hall–Kier alpha value is -4.52. The van der Waals surface area contributed by atoms with E-state index >= 15 is 0 Å². The highest BCUT2D eigenvalue weighted by molar-refractivity contribution is 6.40. The number of nitrogen functional groups attached to an aromatic ring is 1. The molecule has 0 aromatic carbocycles. The summed E-state index contributed by atoms with van der Waals surface area (Å²) >= 11 is 0. The smallest absolute Gasteiger partial charge is 0.314 e. The van der Waals surface area contributed by atoms with Gasteiger partial charge in [-0.1, -0.05) is 0 Å². The van der Waals surface area contributed by atoms with Gasteiger partial charge in [-0.2, -0.15) is 5.10 Å². The minimum Gasteiger partial charge on any atom is -0.383 e. The van der Waals surface area contributed by atoms with Gasteiger partial charge < -0.3 is 20.7 Å². The first-order chi connectivity index (χ1) is 18.8. The highest BCUT2D eigenvalue weighted by atomic mass is 19.1. The molecule has 1 fully saturated rings. The number of carbonyl (C=O) groups is 2. The third kappa shape index (κ3) is 5.82. The summed E-state index contributed by atoms with van der Waals surface area (Å²) in [4.78, 5) is 40.0. The van der Waals surface area contributed by atoms with Gasteiger partial charge in [0.15, 0.2) is 0 Å². The maximum absolute atomic E-state index is 13.6. The van der Waals surface area contributed by atoms with Crippen molar-refractivity contribution in [2.75, 3.05) is 17.7 Å². The molecule has 39 heavy (non-hydrogen) atoms. The molecule has 202 valence electrons. The minimum absolute atomic E-state index is 0.111. The monoisotopic (exact) mass is 536 g/mol. The van der Waals surface area contributed by atoms with E-state index in [2.05, 4.69) is 25.4 Å². The maximum Gasteiger partial charge on any atom is 0.314 e. The van der Waals surface area contributed by atoms with E-state index in [0.29, 0.717) is 34.5 Å². The van der Waals surface area contributed by atoms with Crippen LogP contribution in [0.3, 0.4) is 0 Å². The molecule has 1 aliphatic rings. The number of rotatable bonds is 6. The third-order valence-corrected chi connectivity index (χ3v) is 6.41. The summed E-state index contributed by atoms with van der Waals surface area (Å²) in [5.74, 6) is -2.72. The first-order valence-corrected chi connectivity index (χ1v) is 12.3. The van der Waals surface area contributed by atoms with Crippen LogP contribution in [0.4, 0.5) is 20.3 Å². The Labute approximate surface area is 222 Å². The van der Waals surface area contributed by atoms with Gasteiger partial charge in [0.25, 0.3) is 0 Å². The van der Waals surface area contributed by atoms with Crippen LogP contribution in [0.5, 0.6) is 0 Å². The molecule has 1 aliphatic heterocycles. The fraction of sp³-hybridized carbons (Fsp3) is 0.308. The average Bonchev–Trinajstić information content (AvgIpc) is 3.39. The van der Waals surface area contributed by atoms with Crippen LogP contribution in [0.15, 0.2) is 43.0 Å². The maximum atomic E-state index is 13.6. The Balaban J connectivity index is 1.41. The number of aryl methyl sites for hydroxylation is 1. The molecule has 1 saturated heterocycles. The molecular formula is C26H26F2N8O3. The van der Waals surface area contributed by atoms with Gasteiger partial charge in [-0.15, -0.1) is 0 Å². The summed E-state index contributed by atoms with van der Waals surface area (Å²) in [6, 6.07) is 3.89. The van der Waals surface area contributed by atoms with Crippen molar-refractivity contribution in [3.05, 3.63) is 71.6 Å². The van der Waals surface area contributed by atoms with Gasteiger partial charge in [-0.25, -0.2) is 18.4 Å².